The number of hydrogen-bond acceptors (Lipinski definition) is 1. The maximum atomic E-state index is 6.07. The van der Waals surface area contributed by atoms with Crippen molar-refractivity contribution >= 4 is 38.9 Å². The minimum absolute atomic E-state index is 0.185. The molecule has 0 aliphatic rings. The molecule has 0 fully saturated rings. The second kappa shape index (κ2) is 3.92. The van der Waals surface area contributed by atoms with Gasteiger partial charge >= 0.3 is 0 Å². The zero-order chi connectivity index (χ0) is 8.43. The number of aryl methyl sites for hydroxylation is 1. The van der Waals surface area contributed by atoms with Crippen molar-refractivity contribution in [2.75, 3.05) is 0 Å². The normalized spacial score (nSPS) is 13.5. The summed E-state index contributed by atoms with van der Waals surface area (Å²) < 4.78 is 1.20. The summed E-state index contributed by atoms with van der Waals surface area (Å²) in [5, 5.41) is 0.185. The van der Waals surface area contributed by atoms with Crippen LogP contribution in [0.2, 0.25) is 0 Å². The van der Waals surface area contributed by atoms with Crippen LogP contribution in [0.1, 0.15) is 29.2 Å². The largest absolute Gasteiger partial charge is 0.131 e. The van der Waals surface area contributed by atoms with Crippen LogP contribution < -0.4 is 0 Å². The quantitative estimate of drug-likeness (QED) is 0.680. The lowest BCUT2D eigenvalue weighted by Gasteiger charge is -1.99. The molecule has 1 rings (SSSR count). The summed E-state index contributed by atoms with van der Waals surface area (Å²) >= 11 is 11.3. The van der Waals surface area contributed by atoms with Crippen molar-refractivity contribution in [1.29, 1.82) is 0 Å². The molecule has 0 saturated heterocycles. The second-order valence-electron chi connectivity index (χ2n) is 2.48. The molecule has 1 atom stereocenters. The molecule has 62 valence electrons. The van der Waals surface area contributed by atoms with E-state index in [9.17, 15) is 0 Å². The number of hydrogen-bond donors (Lipinski definition) is 0. The molecule has 0 aliphatic heterocycles. The van der Waals surface area contributed by atoms with E-state index in [0.29, 0.717) is 0 Å². The maximum absolute atomic E-state index is 6.07. The fourth-order valence-corrected chi connectivity index (χ4v) is 2.67. The van der Waals surface area contributed by atoms with Crippen LogP contribution in [-0.4, -0.2) is 0 Å². The SMILES string of the molecule is CCC(Cl)c1cc(C)c(Br)s1. The van der Waals surface area contributed by atoms with Gasteiger partial charge in [-0.1, -0.05) is 6.92 Å². The third-order valence-electron chi connectivity index (χ3n) is 1.54. The van der Waals surface area contributed by atoms with Crippen LogP contribution in [0.15, 0.2) is 9.85 Å². The van der Waals surface area contributed by atoms with Crippen LogP contribution in [-0.2, 0) is 0 Å². The van der Waals surface area contributed by atoms with Gasteiger partial charge in [-0.05, 0) is 40.9 Å². The van der Waals surface area contributed by atoms with Gasteiger partial charge in [-0.25, -0.2) is 0 Å². The lowest BCUT2D eigenvalue weighted by atomic mass is 10.2. The third kappa shape index (κ3) is 2.20. The van der Waals surface area contributed by atoms with Crippen LogP contribution in [0.5, 0.6) is 0 Å². The standard InChI is InChI=1S/C8H10BrClS/c1-3-6(10)7-4-5(2)8(9)11-7/h4,6H,3H2,1-2H3. The Labute approximate surface area is 84.7 Å². The summed E-state index contributed by atoms with van der Waals surface area (Å²) in [6.45, 7) is 4.18. The van der Waals surface area contributed by atoms with E-state index >= 15 is 0 Å². The molecule has 0 aliphatic carbocycles. The van der Waals surface area contributed by atoms with Gasteiger partial charge in [0.2, 0.25) is 0 Å². The Kier molecular flexibility index (Phi) is 3.41. The average Bonchev–Trinajstić information content (AvgIpc) is 2.31. The van der Waals surface area contributed by atoms with Crippen molar-refractivity contribution in [1.82, 2.24) is 0 Å². The number of halogens is 2. The van der Waals surface area contributed by atoms with Gasteiger partial charge in [0.25, 0.3) is 0 Å². The highest BCUT2D eigenvalue weighted by atomic mass is 79.9. The lowest BCUT2D eigenvalue weighted by molar-refractivity contribution is 0.901. The highest BCUT2D eigenvalue weighted by Gasteiger charge is 2.09. The monoisotopic (exact) mass is 252 g/mol. The summed E-state index contributed by atoms with van der Waals surface area (Å²) in [6, 6.07) is 2.15. The van der Waals surface area contributed by atoms with E-state index in [0.717, 1.165) is 6.42 Å². The van der Waals surface area contributed by atoms with E-state index in [2.05, 4.69) is 35.8 Å². The number of alkyl halides is 1. The second-order valence-corrected chi connectivity index (χ2v) is 5.41. The van der Waals surface area contributed by atoms with E-state index in [1.54, 1.807) is 11.3 Å². The highest BCUT2D eigenvalue weighted by Crippen LogP contribution is 2.35. The van der Waals surface area contributed by atoms with Crippen molar-refractivity contribution in [3.05, 3.63) is 20.3 Å². The van der Waals surface area contributed by atoms with E-state index in [1.165, 1.54) is 14.2 Å². The Morgan fingerprint density at radius 1 is 1.73 bits per heavy atom. The van der Waals surface area contributed by atoms with Gasteiger partial charge in [0.15, 0.2) is 0 Å². The summed E-state index contributed by atoms with van der Waals surface area (Å²) in [5.41, 5.74) is 1.28. The number of thiophene rings is 1. The van der Waals surface area contributed by atoms with Gasteiger partial charge in [0.1, 0.15) is 0 Å². The molecule has 11 heavy (non-hydrogen) atoms. The minimum Gasteiger partial charge on any atom is -0.131 e. The molecule has 1 heterocycles. The smallest absolute Gasteiger partial charge is 0.0731 e. The lowest BCUT2D eigenvalue weighted by Crippen LogP contribution is -1.80. The first kappa shape index (κ1) is 9.56. The van der Waals surface area contributed by atoms with Crippen LogP contribution in [0, 0.1) is 6.92 Å². The first-order chi connectivity index (χ1) is 5.15. The molecule has 0 radical (unpaired) electrons. The van der Waals surface area contributed by atoms with E-state index in [1.807, 2.05) is 0 Å². The summed E-state index contributed by atoms with van der Waals surface area (Å²) in [6.07, 6.45) is 0.994. The van der Waals surface area contributed by atoms with Crippen molar-refractivity contribution in [2.45, 2.75) is 25.6 Å². The Bertz CT molecular complexity index is 225. The fourth-order valence-electron chi connectivity index (χ4n) is 0.839. The van der Waals surface area contributed by atoms with E-state index in [4.69, 9.17) is 11.6 Å². The summed E-state index contributed by atoms with van der Waals surface area (Å²) in [4.78, 5) is 1.26. The molecular weight excluding hydrogens is 244 g/mol. The number of rotatable bonds is 2. The van der Waals surface area contributed by atoms with Crippen LogP contribution >= 0.6 is 38.9 Å². The molecule has 0 nitrogen and oxygen atoms in total. The van der Waals surface area contributed by atoms with Crippen LogP contribution in [0.25, 0.3) is 0 Å². The first-order valence-electron chi connectivity index (χ1n) is 3.55. The topological polar surface area (TPSA) is 0 Å². The maximum Gasteiger partial charge on any atom is 0.0731 e. The van der Waals surface area contributed by atoms with Crippen molar-refractivity contribution in [3.8, 4) is 0 Å². The molecule has 0 bridgehead atoms. The van der Waals surface area contributed by atoms with Gasteiger partial charge < -0.3 is 0 Å². The van der Waals surface area contributed by atoms with Crippen molar-refractivity contribution < 1.29 is 0 Å². The molecule has 0 N–H and O–H groups in total. The van der Waals surface area contributed by atoms with Gasteiger partial charge in [0, 0.05) is 4.88 Å². The van der Waals surface area contributed by atoms with Crippen LogP contribution in [0.4, 0.5) is 0 Å². The van der Waals surface area contributed by atoms with Crippen LogP contribution in [0.3, 0.4) is 0 Å². The minimum atomic E-state index is 0.185. The molecule has 1 unspecified atom stereocenters. The predicted molar refractivity (Wildman–Crippen MR) is 55.6 cm³/mol. The molecule has 3 heteroatoms. The molecule has 0 amide bonds. The van der Waals surface area contributed by atoms with E-state index in [-0.39, 0.29) is 5.38 Å². The van der Waals surface area contributed by atoms with Gasteiger partial charge in [0.05, 0.1) is 9.16 Å². The predicted octanol–water partition coefficient (Wildman–Crippen LogP) is 4.51. The molecule has 0 saturated carbocycles. The van der Waals surface area contributed by atoms with Crippen molar-refractivity contribution in [3.63, 3.8) is 0 Å². The fraction of sp³-hybridized carbons (Fsp3) is 0.500. The zero-order valence-electron chi connectivity index (χ0n) is 6.53. The molecule has 0 aromatic carbocycles. The first-order valence-corrected chi connectivity index (χ1v) is 5.59. The Morgan fingerprint density at radius 3 is 2.73 bits per heavy atom. The van der Waals surface area contributed by atoms with E-state index < -0.39 is 0 Å². The molecular formula is C8H10BrClS. The zero-order valence-corrected chi connectivity index (χ0v) is 9.68. The highest BCUT2D eigenvalue weighted by molar-refractivity contribution is 9.11. The molecule has 0 spiro atoms. The third-order valence-corrected chi connectivity index (χ3v) is 4.47. The average molecular weight is 254 g/mol. The van der Waals surface area contributed by atoms with Gasteiger partial charge in [-0.2, -0.15) is 0 Å². The molecule has 1 aromatic heterocycles. The van der Waals surface area contributed by atoms with Gasteiger partial charge in [-0.3, -0.25) is 0 Å². The Morgan fingerprint density at radius 2 is 2.36 bits per heavy atom. The summed E-state index contributed by atoms with van der Waals surface area (Å²) in [7, 11) is 0. The van der Waals surface area contributed by atoms with Gasteiger partial charge in [-0.15, -0.1) is 22.9 Å². The Hall–Kier alpha value is 0.470. The Balaban J connectivity index is 2.88. The molecule has 1 aromatic rings. The van der Waals surface area contributed by atoms with Crippen molar-refractivity contribution in [2.24, 2.45) is 0 Å². The summed E-state index contributed by atoms with van der Waals surface area (Å²) in [5.74, 6) is 0.